The Balaban J connectivity index is 2.08. The Hall–Kier alpha value is -1.17. The monoisotopic (exact) mass is 266 g/mol. The summed E-state index contributed by atoms with van der Waals surface area (Å²) >= 11 is 0. The van der Waals surface area contributed by atoms with E-state index in [0.717, 1.165) is 12.2 Å². The first-order chi connectivity index (χ1) is 9.13. The predicted octanol–water partition coefficient (Wildman–Crippen LogP) is 1.11. The maximum atomic E-state index is 9.72. The highest BCUT2D eigenvalue weighted by Crippen LogP contribution is 2.21. The molecule has 0 amide bonds. The van der Waals surface area contributed by atoms with Crippen molar-refractivity contribution in [2.24, 2.45) is 0 Å². The fourth-order valence-electron chi connectivity index (χ4n) is 2.35. The van der Waals surface area contributed by atoms with Crippen molar-refractivity contribution < 1.29 is 14.9 Å². The molecule has 2 N–H and O–H groups in total. The molecule has 1 aliphatic heterocycles. The van der Waals surface area contributed by atoms with Crippen LogP contribution in [0.4, 0.5) is 5.69 Å². The number of rotatable bonds is 4. The van der Waals surface area contributed by atoms with Crippen molar-refractivity contribution in [3.63, 3.8) is 0 Å². The smallest absolute Gasteiger partial charge is 0.0984 e. The van der Waals surface area contributed by atoms with Crippen molar-refractivity contribution in [3.05, 3.63) is 24.0 Å². The molecule has 1 fully saturated rings. The molecule has 0 saturated carbocycles. The van der Waals surface area contributed by atoms with E-state index in [-0.39, 0.29) is 18.8 Å². The van der Waals surface area contributed by atoms with Gasteiger partial charge in [-0.25, -0.2) is 0 Å². The number of pyridine rings is 1. The van der Waals surface area contributed by atoms with Gasteiger partial charge in [0, 0.05) is 13.1 Å². The van der Waals surface area contributed by atoms with E-state index >= 15 is 0 Å². The second-order valence-electron chi connectivity index (χ2n) is 5.02. The van der Waals surface area contributed by atoms with E-state index in [4.69, 9.17) is 4.74 Å². The summed E-state index contributed by atoms with van der Waals surface area (Å²) in [5, 5.41) is 18.9. The quantitative estimate of drug-likeness (QED) is 0.854. The summed E-state index contributed by atoms with van der Waals surface area (Å²) in [6.45, 7) is 5.40. The second kappa shape index (κ2) is 6.32. The van der Waals surface area contributed by atoms with Gasteiger partial charge in [-0.3, -0.25) is 4.98 Å². The standard InChI is InChI=1S/C14H22N2O3/c1-3-14(18)13-5-4-11(6-15-13)16-7-10(2)19-12(8-16)9-17/h4-6,10,12,14,17-18H,3,7-9H2,1-2H3. The number of aromatic nitrogens is 1. The molecule has 0 aromatic carbocycles. The summed E-state index contributed by atoms with van der Waals surface area (Å²) in [6, 6.07) is 3.82. The maximum absolute atomic E-state index is 9.72. The summed E-state index contributed by atoms with van der Waals surface area (Å²) < 4.78 is 5.61. The molecule has 0 spiro atoms. The third-order valence-corrected chi connectivity index (χ3v) is 3.39. The average Bonchev–Trinajstić information content (AvgIpc) is 2.46. The highest BCUT2D eigenvalue weighted by molar-refractivity contribution is 5.45. The number of ether oxygens (including phenoxy) is 1. The molecule has 3 unspecified atom stereocenters. The van der Waals surface area contributed by atoms with E-state index in [1.165, 1.54) is 0 Å². The molecule has 0 bridgehead atoms. The second-order valence-corrected chi connectivity index (χ2v) is 5.02. The van der Waals surface area contributed by atoms with Crippen molar-refractivity contribution in [3.8, 4) is 0 Å². The van der Waals surface area contributed by atoms with E-state index in [9.17, 15) is 10.2 Å². The SMILES string of the molecule is CCC(O)c1ccc(N2CC(C)OC(CO)C2)cn1. The number of nitrogens with zero attached hydrogens (tertiary/aromatic N) is 2. The highest BCUT2D eigenvalue weighted by Gasteiger charge is 2.25. The number of hydrogen-bond acceptors (Lipinski definition) is 5. The molecule has 2 heterocycles. The van der Waals surface area contributed by atoms with Crippen LogP contribution in [0, 0.1) is 0 Å². The van der Waals surface area contributed by atoms with Gasteiger partial charge in [0.25, 0.3) is 0 Å². The molecular weight excluding hydrogens is 244 g/mol. The molecule has 106 valence electrons. The summed E-state index contributed by atoms with van der Waals surface area (Å²) in [6.07, 6.45) is 1.88. The van der Waals surface area contributed by atoms with Crippen LogP contribution in [-0.4, -0.2) is 47.1 Å². The van der Waals surface area contributed by atoms with Gasteiger partial charge in [0.05, 0.1) is 42.5 Å². The number of aliphatic hydroxyl groups excluding tert-OH is 2. The largest absolute Gasteiger partial charge is 0.394 e. The molecule has 0 aliphatic carbocycles. The van der Waals surface area contributed by atoms with Crippen LogP contribution in [0.25, 0.3) is 0 Å². The Morgan fingerprint density at radius 2 is 2.26 bits per heavy atom. The first-order valence-electron chi connectivity index (χ1n) is 6.79. The Morgan fingerprint density at radius 1 is 1.47 bits per heavy atom. The molecule has 0 radical (unpaired) electrons. The average molecular weight is 266 g/mol. The number of morpholine rings is 1. The van der Waals surface area contributed by atoms with Crippen LogP contribution < -0.4 is 4.90 Å². The predicted molar refractivity (Wildman–Crippen MR) is 73.1 cm³/mol. The van der Waals surface area contributed by atoms with Crippen molar-refractivity contribution in [2.45, 2.75) is 38.6 Å². The van der Waals surface area contributed by atoms with Gasteiger partial charge in [0.2, 0.25) is 0 Å². The fourth-order valence-corrected chi connectivity index (χ4v) is 2.35. The lowest BCUT2D eigenvalue weighted by atomic mass is 10.1. The van der Waals surface area contributed by atoms with E-state index in [1.54, 1.807) is 6.20 Å². The van der Waals surface area contributed by atoms with Crippen LogP contribution in [0.2, 0.25) is 0 Å². The van der Waals surface area contributed by atoms with Crippen molar-refractivity contribution in [2.75, 3.05) is 24.6 Å². The van der Waals surface area contributed by atoms with E-state index in [2.05, 4.69) is 9.88 Å². The molecule has 5 nitrogen and oxygen atoms in total. The number of hydrogen-bond donors (Lipinski definition) is 2. The minimum absolute atomic E-state index is 0.0287. The summed E-state index contributed by atoms with van der Waals surface area (Å²) in [5.41, 5.74) is 1.70. The Morgan fingerprint density at radius 3 is 2.84 bits per heavy atom. The number of anilines is 1. The van der Waals surface area contributed by atoms with Gasteiger partial charge in [-0.05, 0) is 25.5 Å². The van der Waals surface area contributed by atoms with Gasteiger partial charge in [-0.2, -0.15) is 0 Å². The molecular formula is C14H22N2O3. The van der Waals surface area contributed by atoms with Gasteiger partial charge in [-0.1, -0.05) is 6.92 Å². The third-order valence-electron chi connectivity index (χ3n) is 3.39. The highest BCUT2D eigenvalue weighted by atomic mass is 16.5. The lowest BCUT2D eigenvalue weighted by Gasteiger charge is -2.37. The van der Waals surface area contributed by atoms with Crippen LogP contribution in [0.1, 0.15) is 32.1 Å². The minimum atomic E-state index is -0.497. The van der Waals surface area contributed by atoms with E-state index < -0.39 is 6.10 Å². The maximum Gasteiger partial charge on any atom is 0.0984 e. The van der Waals surface area contributed by atoms with Crippen molar-refractivity contribution in [1.82, 2.24) is 4.98 Å². The van der Waals surface area contributed by atoms with Gasteiger partial charge in [-0.15, -0.1) is 0 Å². The molecule has 1 aliphatic rings. The van der Waals surface area contributed by atoms with Crippen LogP contribution in [-0.2, 0) is 4.74 Å². The Kier molecular flexibility index (Phi) is 4.74. The van der Waals surface area contributed by atoms with Gasteiger partial charge >= 0.3 is 0 Å². The lowest BCUT2D eigenvalue weighted by Crippen LogP contribution is -2.48. The molecule has 3 atom stereocenters. The lowest BCUT2D eigenvalue weighted by molar-refractivity contribution is -0.0421. The van der Waals surface area contributed by atoms with Gasteiger partial charge in [0.1, 0.15) is 0 Å². The van der Waals surface area contributed by atoms with Gasteiger partial charge in [0.15, 0.2) is 0 Å². The van der Waals surface area contributed by atoms with E-state index in [0.29, 0.717) is 18.7 Å². The zero-order valence-electron chi connectivity index (χ0n) is 11.5. The Labute approximate surface area is 113 Å². The van der Waals surface area contributed by atoms with Gasteiger partial charge < -0.3 is 19.8 Å². The minimum Gasteiger partial charge on any atom is -0.394 e. The van der Waals surface area contributed by atoms with Crippen molar-refractivity contribution in [1.29, 1.82) is 0 Å². The Bertz CT molecular complexity index is 396. The fraction of sp³-hybridized carbons (Fsp3) is 0.643. The van der Waals surface area contributed by atoms with Crippen LogP contribution >= 0.6 is 0 Å². The summed E-state index contributed by atoms with van der Waals surface area (Å²) in [4.78, 5) is 6.46. The zero-order chi connectivity index (χ0) is 13.8. The third kappa shape index (κ3) is 3.43. The molecule has 19 heavy (non-hydrogen) atoms. The molecule has 2 rings (SSSR count). The molecule has 1 aromatic heterocycles. The van der Waals surface area contributed by atoms with Crippen LogP contribution in [0.3, 0.4) is 0 Å². The summed E-state index contributed by atoms with van der Waals surface area (Å²) in [7, 11) is 0. The van der Waals surface area contributed by atoms with E-state index in [1.807, 2.05) is 26.0 Å². The molecule has 1 aromatic rings. The summed E-state index contributed by atoms with van der Waals surface area (Å²) in [5.74, 6) is 0. The first kappa shape index (κ1) is 14.2. The normalized spacial score (nSPS) is 25.4. The zero-order valence-corrected chi connectivity index (χ0v) is 11.5. The number of aliphatic hydroxyl groups is 2. The van der Waals surface area contributed by atoms with Crippen LogP contribution in [0.5, 0.6) is 0 Å². The molecule has 5 heteroatoms. The topological polar surface area (TPSA) is 65.8 Å². The first-order valence-corrected chi connectivity index (χ1v) is 6.79. The van der Waals surface area contributed by atoms with Crippen LogP contribution in [0.15, 0.2) is 18.3 Å². The van der Waals surface area contributed by atoms with Crippen molar-refractivity contribution >= 4 is 5.69 Å². The molecule has 1 saturated heterocycles.